The monoisotopic (exact) mass is 541 g/mol. The molecule has 0 saturated carbocycles. The van der Waals surface area contributed by atoms with Crippen molar-refractivity contribution >= 4 is 56.7 Å². The SMILES string of the molecule is CC(C)OC(=O)c1ccccc1N1C(=O)C(Cl)=C(Nc2ccc(S(=O)(=O)Nc3ncccn3)cc2)C1=O. The molecule has 3 aromatic rings. The highest BCUT2D eigenvalue weighted by Gasteiger charge is 2.40. The first-order valence-corrected chi connectivity index (χ1v) is 12.7. The zero-order valence-electron chi connectivity index (χ0n) is 19.5. The first kappa shape index (κ1) is 25.8. The number of halogens is 1. The van der Waals surface area contributed by atoms with Crippen LogP contribution in [-0.4, -0.2) is 42.3 Å². The van der Waals surface area contributed by atoms with E-state index >= 15 is 0 Å². The molecule has 0 spiro atoms. The number of anilines is 3. The summed E-state index contributed by atoms with van der Waals surface area (Å²) in [6.45, 7) is 3.35. The van der Waals surface area contributed by atoms with E-state index in [4.69, 9.17) is 16.3 Å². The van der Waals surface area contributed by atoms with Crippen LogP contribution in [-0.2, 0) is 24.3 Å². The van der Waals surface area contributed by atoms with Gasteiger partial charge in [-0.15, -0.1) is 0 Å². The third-order valence-electron chi connectivity index (χ3n) is 4.96. The van der Waals surface area contributed by atoms with Gasteiger partial charge in [-0.3, -0.25) is 9.59 Å². The number of ether oxygens (including phenoxy) is 1. The summed E-state index contributed by atoms with van der Waals surface area (Å²) in [5, 5.41) is 2.37. The molecule has 13 heteroatoms. The number of para-hydroxylation sites is 1. The summed E-state index contributed by atoms with van der Waals surface area (Å²) in [6.07, 6.45) is 2.38. The number of sulfonamides is 1. The average molecular weight is 542 g/mol. The van der Waals surface area contributed by atoms with Crippen molar-refractivity contribution < 1.29 is 27.5 Å². The molecule has 0 radical (unpaired) electrons. The van der Waals surface area contributed by atoms with Gasteiger partial charge in [0.2, 0.25) is 5.95 Å². The number of aromatic nitrogens is 2. The van der Waals surface area contributed by atoms with Gasteiger partial charge >= 0.3 is 5.97 Å². The summed E-state index contributed by atoms with van der Waals surface area (Å²) < 4.78 is 32.6. The van der Waals surface area contributed by atoms with E-state index in [2.05, 4.69) is 20.0 Å². The molecule has 2 amide bonds. The lowest BCUT2D eigenvalue weighted by Crippen LogP contribution is -2.33. The highest BCUT2D eigenvalue weighted by Crippen LogP contribution is 2.32. The number of esters is 1. The molecular formula is C24H20ClN5O6S. The summed E-state index contributed by atoms with van der Waals surface area (Å²) in [6, 6.07) is 12.9. The van der Waals surface area contributed by atoms with Gasteiger partial charge in [0.1, 0.15) is 10.7 Å². The van der Waals surface area contributed by atoms with Crippen LogP contribution in [0.3, 0.4) is 0 Å². The van der Waals surface area contributed by atoms with E-state index in [9.17, 15) is 22.8 Å². The normalized spacial score (nSPS) is 13.8. The van der Waals surface area contributed by atoms with Crippen LogP contribution in [0.4, 0.5) is 17.3 Å². The Balaban J connectivity index is 1.55. The van der Waals surface area contributed by atoms with Crippen molar-refractivity contribution in [2.45, 2.75) is 24.8 Å². The van der Waals surface area contributed by atoms with E-state index in [1.54, 1.807) is 32.0 Å². The van der Waals surface area contributed by atoms with Crippen molar-refractivity contribution in [3.05, 3.63) is 83.3 Å². The lowest BCUT2D eigenvalue weighted by molar-refractivity contribution is -0.120. The number of amides is 2. The molecule has 0 saturated heterocycles. The number of nitrogens with one attached hydrogen (secondary N) is 2. The Morgan fingerprint density at radius 3 is 2.27 bits per heavy atom. The Bertz CT molecular complexity index is 1510. The summed E-state index contributed by atoms with van der Waals surface area (Å²) in [4.78, 5) is 47.0. The van der Waals surface area contributed by atoms with Gasteiger partial charge in [-0.2, -0.15) is 0 Å². The topological polar surface area (TPSA) is 148 Å². The van der Waals surface area contributed by atoms with Crippen LogP contribution in [0.25, 0.3) is 0 Å². The summed E-state index contributed by atoms with van der Waals surface area (Å²) in [5.74, 6) is -2.41. The maximum absolute atomic E-state index is 13.2. The van der Waals surface area contributed by atoms with E-state index in [0.29, 0.717) is 5.69 Å². The molecule has 1 aliphatic rings. The van der Waals surface area contributed by atoms with Gasteiger partial charge in [-0.05, 0) is 56.3 Å². The van der Waals surface area contributed by atoms with Crippen LogP contribution in [0.15, 0.2) is 82.6 Å². The molecule has 0 atom stereocenters. The Morgan fingerprint density at radius 2 is 1.62 bits per heavy atom. The molecule has 2 aromatic carbocycles. The van der Waals surface area contributed by atoms with Crippen molar-refractivity contribution in [3.63, 3.8) is 0 Å². The molecular weight excluding hydrogens is 522 g/mol. The summed E-state index contributed by atoms with van der Waals surface area (Å²) in [5.41, 5.74) is 0.102. The van der Waals surface area contributed by atoms with Gasteiger partial charge in [0.15, 0.2) is 0 Å². The zero-order chi connectivity index (χ0) is 26.7. The third-order valence-corrected chi connectivity index (χ3v) is 6.66. The second-order valence-corrected chi connectivity index (χ2v) is 9.99. The number of carbonyl (C=O) groups excluding carboxylic acids is 3. The van der Waals surface area contributed by atoms with E-state index in [-0.39, 0.29) is 27.8 Å². The minimum absolute atomic E-state index is 0.0214. The number of benzene rings is 2. The maximum Gasteiger partial charge on any atom is 0.340 e. The van der Waals surface area contributed by atoms with Crippen molar-refractivity contribution in [1.29, 1.82) is 0 Å². The molecule has 1 aliphatic heterocycles. The molecule has 11 nitrogen and oxygen atoms in total. The van der Waals surface area contributed by atoms with Crippen molar-refractivity contribution in [3.8, 4) is 0 Å². The Hall–Kier alpha value is -4.29. The molecule has 0 bridgehead atoms. The van der Waals surface area contributed by atoms with Crippen LogP contribution < -0.4 is 14.9 Å². The van der Waals surface area contributed by atoms with Crippen molar-refractivity contribution in [1.82, 2.24) is 9.97 Å². The predicted octanol–water partition coefficient (Wildman–Crippen LogP) is 3.28. The quantitative estimate of drug-likeness (QED) is 0.324. The number of nitrogens with zero attached hydrogens (tertiary/aromatic N) is 3. The molecule has 0 fully saturated rings. The van der Waals surface area contributed by atoms with Gasteiger partial charge in [0, 0.05) is 18.1 Å². The largest absolute Gasteiger partial charge is 0.459 e. The first-order valence-electron chi connectivity index (χ1n) is 10.8. The second kappa shape index (κ2) is 10.4. The van der Waals surface area contributed by atoms with Crippen molar-refractivity contribution in [2.24, 2.45) is 0 Å². The minimum atomic E-state index is -3.97. The van der Waals surface area contributed by atoms with Crippen LogP contribution in [0.2, 0.25) is 0 Å². The zero-order valence-corrected chi connectivity index (χ0v) is 21.1. The highest BCUT2D eigenvalue weighted by atomic mass is 35.5. The van der Waals surface area contributed by atoms with Crippen molar-refractivity contribution in [2.75, 3.05) is 14.9 Å². The standard InChI is InChI=1S/C24H20ClN5O6S/c1-14(2)36-23(33)17-6-3-4-7-18(17)30-21(31)19(25)20(22(30)32)28-15-8-10-16(11-9-15)37(34,35)29-24-26-12-5-13-27-24/h3-14,28H,1-2H3,(H,26,27,29). The summed E-state index contributed by atoms with van der Waals surface area (Å²) >= 11 is 6.20. The molecule has 37 heavy (non-hydrogen) atoms. The smallest absolute Gasteiger partial charge is 0.340 e. The maximum atomic E-state index is 13.2. The fourth-order valence-corrected chi connectivity index (χ4v) is 4.51. The number of carbonyl (C=O) groups is 3. The Kier molecular flexibility index (Phi) is 7.23. The summed E-state index contributed by atoms with van der Waals surface area (Å²) in [7, 11) is -3.97. The van der Waals surface area contributed by atoms with Gasteiger partial charge in [-0.1, -0.05) is 23.7 Å². The predicted molar refractivity (Wildman–Crippen MR) is 135 cm³/mol. The van der Waals surface area contributed by atoms with Gasteiger partial charge in [-0.25, -0.2) is 32.8 Å². The van der Waals surface area contributed by atoms with E-state index in [0.717, 1.165) is 4.90 Å². The molecule has 2 N–H and O–H groups in total. The van der Waals surface area contributed by atoms with E-state index < -0.39 is 38.9 Å². The van der Waals surface area contributed by atoms with E-state index in [1.165, 1.54) is 48.8 Å². The van der Waals surface area contributed by atoms with Crippen LogP contribution in [0.5, 0.6) is 0 Å². The van der Waals surface area contributed by atoms with Crippen LogP contribution >= 0.6 is 11.6 Å². The molecule has 190 valence electrons. The third kappa shape index (κ3) is 5.44. The van der Waals surface area contributed by atoms with Gasteiger partial charge in [0.05, 0.1) is 22.3 Å². The van der Waals surface area contributed by atoms with Gasteiger partial charge in [0.25, 0.3) is 21.8 Å². The molecule has 0 unspecified atom stereocenters. The van der Waals surface area contributed by atoms with Crippen LogP contribution in [0, 0.1) is 0 Å². The number of rotatable bonds is 8. The number of imide groups is 1. The Labute approximate surface area is 217 Å². The lowest BCUT2D eigenvalue weighted by Gasteiger charge is -2.19. The van der Waals surface area contributed by atoms with Crippen LogP contribution in [0.1, 0.15) is 24.2 Å². The fraction of sp³-hybridized carbons (Fsp3) is 0.125. The lowest BCUT2D eigenvalue weighted by atomic mass is 10.1. The fourth-order valence-electron chi connectivity index (χ4n) is 3.34. The van der Waals surface area contributed by atoms with Gasteiger partial charge < -0.3 is 10.1 Å². The minimum Gasteiger partial charge on any atom is -0.459 e. The highest BCUT2D eigenvalue weighted by molar-refractivity contribution is 7.92. The first-order chi connectivity index (χ1) is 17.6. The Morgan fingerprint density at radius 1 is 0.973 bits per heavy atom. The average Bonchev–Trinajstić information content (AvgIpc) is 3.07. The van der Waals surface area contributed by atoms with E-state index in [1.807, 2.05) is 0 Å². The molecule has 0 aliphatic carbocycles. The second-order valence-electron chi connectivity index (χ2n) is 7.93. The number of hydrogen-bond donors (Lipinski definition) is 2. The number of hydrogen-bond acceptors (Lipinski definition) is 9. The molecule has 1 aromatic heterocycles. The molecule has 2 heterocycles. The molecule has 4 rings (SSSR count).